The van der Waals surface area contributed by atoms with Crippen LogP contribution in [-0.4, -0.2) is 34.2 Å². The van der Waals surface area contributed by atoms with Gasteiger partial charge in [0.15, 0.2) is 8.68 Å². The Kier molecular flexibility index (Phi) is 8.05. The molecule has 0 bridgehead atoms. The molecule has 1 aromatic carbocycles. The van der Waals surface area contributed by atoms with Crippen molar-refractivity contribution in [2.75, 3.05) is 12.9 Å². The first-order valence-electron chi connectivity index (χ1n) is 8.01. The third-order valence-electron chi connectivity index (χ3n) is 3.20. The molecule has 1 atom stereocenters. The molecule has 0 aliphatic heterocycles. The predicted octanol–water partition coefficient (Wildman–Crippen LogP) is 4.09. The van der Waals surface area contributed by atoms with Crippen molar-refractivity contribution in [1.82, 2.24) is 15.5 Å². The Morgan fingerprint density at radius 3 is 2.52 bits per heavy atom. The zero-order valence-electron chi connectivity index (χ0n) is 14.8. The first-order valence-corrected chi connectivity index (χ1v) is 10.7. The molecular weight excluding hydrogens is 374 g/mol. The highest BCUT2D eigenvalue weighted by atomic mass is 32.2. The molecule has 2 rings (SSSR count). The Bertz CT molecular complexity index is 674. The minimum atomic E-state index is -0.214. The molecule has 0 fully saturated rings. The van der Waals surface area contributed by atoms with E-state index in [1.165, 1.54) is 11.8 Å². The van der Waals surface area contributed by atoms with Crippen LogP contribution in [-0.2, 0) is 11.3 Å². The number of thioether (sulfide) groups is 2. The Balaban J connectivity index is 1.79. The molecule has 1 aromatic heterocycles. The number of amides is 1. The van der Waals surface area contributed by atoms with E-state index in [-0.39, 0.29) is 11.2 Å². The zero-order chi connectivity index (χ0) is 18.2. The molecule has 1 amide bonds. The van der Waals surface area contributed by atoms with E-state index in [0.29, 0.717) is 12.5 Å². The number of hydrogen-bond donors (Lipinski definition) is 1. The zero-order valence-corrected chi connectivity index (χ0v) is 17.3. The lowest BCUT2D eigenvalue weighted by atomic mass is 10.2. The van der Waals surface area contributed by atoms with Gasteiger partial charge in [0.05, 0.1) is 12.4 Å². The van der Waals surface area contributed by atoms with Crippen LogP contribution in [0, 0.1) is 5.92 Å². The molecule has 25 heavy (non-hydrogen) atoms. The Morgan fingerprint density at radius 1 is 1.20 bits per heavy atom. The van der Waals surface area contributed by atoms with Gasteiger partial charge in [-0.3, -0.25) is 4.79 Å². The third kappa shape index (κ3) is 6.87. The van der Waals surface area contributed by atoms with Crippen LogP contribution >= 0.6 is 34.9 Å². The van der Waals surface area contributed by atoms with Gasteiger partial charge in [-0.25, -0.2) is 0 Å². The molecule has 0 aliphatic rings. The average molecular weight is 398 g/mol. The summed E-state index contributed by atoms with van der Waals surface area (Å²) < 4.78 is 6.92. The standard InChI is InChI=1S/C17H23N3O2S3/c1-11(2)10-23-16-19-20-17(25-16)24-12(3)15(21)18-9-13-5-7-14(22-4)8-6-13/h5-8,11-12H,9-10H2,1-4H3,(H,18,21)/t12-/m1/s1. The van der Waals surface area contributed by atoms with Gasteiger partial charge in [0, 0.05) is 12.3 Å². The molecular formula is C17H23N3O2S3. The van der Waals surface area contributed by atoms with Gasteiger partial charge in [0.2, 0.25) is 5.91 Å². The normalized spacial score (nSPS) is 12.2. The van der Waals surface area contributed by atoms with Gasteiger partial charge in [-0.05, 0) is 30.5 Å². The van der Waals surface area contributed by atoms with Gasteiger partial charge in [-0.1, -0.05) is 60.8 Å². The number of benzene rings is 1. The monoisotopic (exact) mass is 397 g/mol. The number of carbonyl (C=O) groups is 1. The van der Waals surface area contributed by atoms with Gasteiger partial charge in [0.1, 0.15) is 5.75 Å². The summed E-state index contributed by atoms with van der Waals surface area (Å²) in [4.78, 5) is 12.3. The lowest BCUT2D eigenvalue weighted by molar-refractivity contribution is -0.120. The van der Waals surface area contributed by atoms with Crippen molar-refractivity contribution in [3.63, 3.8) is 0 Å². The van der Waals surface area contributed by atoms with E-state index in [1.54, 1.807) is 30.2 Å². The van der Waals surface area contributed by atoms with Crippen molar-refractivity contribution in [3.05, 3.63) is 29.8 Å². The highest BCUT2D eigenvalue weighted by Gasteiger charge is 2.17. The van der Waals surface area contributed by atoms with Crippen LogP contribution in [0.5, 0.6) is 5.75 Å². The van der Waals surface area contributed by atoms with Gasteiger partial charge in [-0.2, -0.15) is 0 Å². The maximum Gasteiger partial charge on any atom is 0.233 e. The van der Waals surface area contributed by atoms with E-state index in [1.807, 2.05) is 31.2 Å². The molecule has 5 nitrogen and oxygen atoms in total. The summed E-state index contributed by atoms with van der Waals surface area (Å²) in [6, 6.07) is 7.66. The van der Waals surface area contributed by atoms with E-state index < -0.39 is 0 Å². The fourth-order valence-electron chi connectivity index (χ4n) is 1.82. The first kappa shape index (κ1) is 20.1. The molecule has 1 N–H and O–H groups in total. The summed E-state index contributed by atoms with van der Waals surface area (Å²) in [5.74, 6) is 2.44. The second kappa shape index (κ2) is 10.0. The van der Waals surface area contributed by atoms with Crippen molar-refractivity contribution >= 4 is 40.8 Å². The Morgan fingerprint density at radius 2 is 1.88 bits per heavy atom. The van der Waals surface area contributed by atoms with Gasteiger partial charge in [0.25, 0.3) is 0 Å². The van der Waals surface area contributed by atoms with E-state index in [4.69, 9.17) is 4.74 Å². The molecule has 0 saturated carbocycles. The maximum absolute atomic E-state index is 12.3. The molecule has 1 heterocycles. The molecule has 0 aliphatic carbocycles. The van der Waals surface area contributed by atoms with E-state index >= 15 is 0 Å². The molecule has 0 unspecified atom stereocenters. The minimum Gasteiger partial charge on any atom is -0.497 e. The summed E-state index contributed by atoms with van der Waals surface area (Å²) in [7, 11) is 1.63. The van der Waals surface area contributed by atoms with Crippen LogP contribution in [0.1, 0.15) is 26.3 Å². The largest absolute Gasteiger partial charge is 0.497 e. The highest BCUT2D eigenvalue weighted by molar-refractivity contribution is 8.03. The minimum absolute atomic E-state index is 0.00704. The Hall–Kier alpha value is -1.25. The highest BCUT2D eigenvalue weighted by Crippen LogP contribution is 2.31. The Labute approximate surface area is 161 Å². The summed E-state index contributed by atoms with van der Waals surface area (Å²) in [5, 5.41) is 11.1. The lowest BCUT2D eigenvalue weighted by Gasteiger charge is -2.10. The van der Waals surface area contributed by atoms with Crippen LogP contribution in [0.2, 0.25) is 0 Å². The predicted molar refractivity (Wildman–Crippen MR) is 106 cm³/mol. The summed E-state index contributed by atoms with van der Waals surface area (Å²) in [6.45, 7) is 6.74. The number of methoxy groups -OCH3 is 1. The van der Waals surface area contributed by atoms with Crippen molar-refractivity contribution in [3.8, 4) is 5.75 Å². The number of aromatic nitrogens is 2. The van der Waals surface area contributed by atoms with Crippen molar-refractivity contribution in [2.24, 2.45) is 5.92 Å². The van der Waals surface area contributed by atoms with Crippen LogP contribution in [0.4, 0.5) is 0 Å². The SMILES string of the molecule is COc1ccc(CNC(=O)[C@@H](C)Sc2nnc(SCC(C)C)s2)cc1. The van der Waals surface area contributed by atoms with Crippen molar-refractivity contribution in [1.29, 1.82) is 0 Å². The van der Waals surface area contributed by atoms with E-state index in [9.17, 15) is 4.79 Å². The lowest BCUT2D eigenvalue weighted by Crippen LogP contribution is -2.30. The molecule has 0 radical (unpaired) electrons. The number of nitrogens with one attached hydrogen (secondary N) is 1. The molecule has 2 aromatic rings. The van der Waals surface area contributed by atoms with Crippen LogP contribution in [0.15, 0.2) is 32.9 Å². The fourth-order valence-corrected chi connectivity index (χ4v) is 4.99. The van der Waals surface area contributed by atoms with Crippen molar-refractivity contribution < 1.29 is 9.53 Å². The van der Waals surface area contributed by atoms with Crippen molar-refractivity contribution in [2.45, 2.75) is 41.2 Å². The molecule has 136 valence electrons. The second-order valence-electron chi connectivity index (χ2n) is 5.86. The first-order chi connectivity index (χ1) is 12.0. The molecule has 8 heteroatoms. The summed E-state index contributed by atoms with van der Waals surface area (Å²) in [6.07, 6.45) is 0. The topological polar surface area (TPSA) is 64.1 Å². The smallest absolute Gasteiger partial charge is 0.233 e. The molecule has 0 spiro atoms. The summed E-state index contributed by atoms with van der Waals surface area (Å²) >= 11 is 4.71. The van der Waals surface area contributed by atoms with Crippen LogP contribution in [0.25, 0.3) is 0 Å². The quantitative estimate of drug-likeness (QED) is 0.643. The number of carbonyl (C=O) groups excluding carboxylic acids is 1. The van der Waals surface area contributed by atoms with Crippen LogP contribution in [0.3, 0.4) is 0 Å². The number of rotatable bonds is 9. The average Bonchev–Trinajstić information content (AvgIpc) is 3.05. The van der Waals surface area contributed by atoms with Gasteiger partial charge in [-0.15, -0.1) is 10.2 Å². The van der Waals surface area contributed by atoms with Crippen LogP contribution < -0.4 is 10.1 Å². The second-order valence-corrected chi connectivity index (χ2v) is 9.70. The van der Waals surface area contributed by atoms with Gasteiger partial charge < -0.3 is 10.1 Å². The van der Waals surface area contributed by atoms with E-state index in [2.05, 4.69) is 29.4 Å². The van der Waals surface area contributed by atoms with E-state index in [0.717, 1.165) is 25.7 Å². The maximum atomic E-state index is 12.3. The number of hydrogen-bond acceptors (Lipinski definition) is 7. The number of nitrogens with zero attached hydrogens (tertiary/aromatic N) is 2. The summed E-state index contributed by atoms with van der Waals surface area (Å²) in [5.41, 5.74) is 1.04. The third-order valence-corrected chi connectivity index (χ3v) is 6.87. The molecule has 0 saturated heterocycles. The van der Waals surface area contributed by atoms with Gasteiger partial charge >= 0.3 is 0 Å². The number of ether oxygens (including phenoxy) is 1. The fraction of sp³-hybridized carbons (Fsp3) is 0.471.